The van der Waals surface area contributed by atoms with E-state index in [9.17, 15) is 9.18 Å². The van der Waals surface area contributed by atoms with Crippen LogP contribution in [0, 0.1) is 12.7 Å². The second-order valence-corrected chi connectivity index (χ2v) is 6.14. The van der Waals surface area contributed by atoms with Gasteiger partial charge in [0, 0.05) is 12.6 Å². The molecule has 29 heavy (non-hydrogen) atoms. The number of carbonyl (C=O) groups excluding carboxylic acids is 1. The number of halogens is 2. The van der Waals surface area contributed by atoms with Crippen molar-refractivity contribution in [3.63, 3.8) is 0 Å². The van der Waals surface area contributed by atoms with Crippen LogP contribution < -0.4 is 15.4 Å². The average molecular weight is 519 g/mol. The van der Waals surface area contributed by atoms with Gasteiger partial charge in [0.15, 0.2) is 5.96 Å². The highest BCUT2D eigenvalue weighted by Crippen LogP contribution is 2.16. The highest BCUT2D eigenvalue weighted by molar-refractivity contribution is 14.0. The van der Waals surface area contributed by atoms with Crippen LogP contribution in [-0.4, -0.2) is 38.2 Å². The first-order valence-corrected chi connectivity index (χ1v) is 9.05. The van der Waals surface area contributed by atoms with Crippen molar-refractivity contribution in [3.05, 3.63) is 53.2 Å². The van der Waals surface area contributed by atoms with Gasteiger partial charge >= 0.3 is 5.97 Å². The summed E-state index contributed by atoms with van der Waals surface area (Å²) in [6.45, 7) is 6.93. The predicted molar refractivity (Wildman–Crippen MR) is 120 cm³/mol. The number of hydrogen-bond donors (Lipinski definition) is 2. The van der Waals surface area contributed by atoms with Gasteiger partial charge in [-0.05, 0) is 39.0 Å². The van der Waals surface area contributed by atoms with Gasteiger partial charge in [0.25, 0.3) is 0 Å². The quantitative estimate of drug-likeness (QED) is 0.240. The van der Waals surface area contributed by atoms with Gasteiger partial charge in [-0.1, -0.05) is 6.07 Å². The number of furan rings is 1. The Kier molecular flexibility index (Phi) is 10.5. The maximum absolute atomic E-state index is 13.2. The van der Waals surface area contributed by atoms with Crippen LogP contribution in [-0.2, 0) is 11.3 Å². The van der Waals surface area contributed by atoms with Crippen LogP contribution in [0.4, 0.5) is 4.39 Å². The maximum Gasteiger partial charge on any atom is 0.341 e. The lowest BCUT2D eigenvalue weighted by Gasteiger charge is -2.17. The van der Waals surface area contributed by atoms with E-state index in [4.69, 9.17) is 13.9 Å². The second-order valence-electron chi connectivity index (χ2n) is 6.14. The maximum atomic E-state index is 13.2. The van der Waals surface area contributed by atoms with Crippen LogP contribution in [0.2, 0.25) is 0 Å². The lowest BCUT2D eigenvalue weighted by atomic mass is 10.2. The predicted octanol–water partition coefficient (Wildman–Crippen LogP) is 3.65. The largest absolute Gasteiger partial charge is 0.489 e. The molecule has 0 radical (unpaired) electrons. The van der Waals surface area contributed by atoms with Crippen molar-refractivity contribution in [2.45, 2.75) is 33.4 Å². The number of carbonyl (C=O) groups is 1. The Morgan fingerprint density at radius 2 is 2.07 bits per heavy atom. The van der Waals surface area contributed by atoms with Gasteiger partial charge in [-0.2, -0.15) is 0 Å². The summed E-state index contributed by atoms with van der Waals surface area (Å²) in [7, 11) is 1.33. The number of nitrogens with zero attached hydrogens (tertiary/aromatic N) is 1. The Balaban J connectivity index is 0.00000420. The molecule has 0 bridgehead atoms. The summed E-state index contributed by atoms with van der Waals surface area (Å²) in [6.07, 6.45) is -0.206. The number of esters is 1. The van der Waals surface area contributed by atoms with E-state index in [1.54, 1.807) is 25.1 Å². The first kappa shape index (κ1) is 24.7. The number of ether oxygens (including phenoxy) is 2. The van der Waals surface area contributed by atoms with Gasteiger partial charge in [-0.3, -0.25) is 0 Å². The third-order valence-corrected chi connectivity index (χ3v) is 3.80. The number of benzene rings is 1. The van der Waals surface area contributed by atoms with E-state index in [0.29, 0.717) is 41.9 Å². The van der Waals surface area contributed by atoms with Gasteiger partial charge in [0.05, 0.1) is 13.7 Å². The minimum atomic E-state index is -0.440. The van der Waals surface area contributed by atoms with Gasteiger partial charge in [0.2, 0.25) is 0 Å². The van der Waals surface area contributed by atoms with Gasteiger partial charge in [-0.15, -0.1) is 24.0 Å². The van der Waals surface area contributed by atoms with E-state index < -0.39 is 5.97 Å². The molecule has 0 saturated heterocycles. The molecule has 160 valence electrons. The third kappa shape index (κ3) is 7.92. The molecule has 1 heterocycles. The van der Waals surface area contributed by atoms with Crippen molar-refractivity contribution in [1.82, 2.24) is 10.6 Å². The Labute approximate surface area is 187 Å². The summed E-state index contributed by atoms with van der Waals surface area (Å²) < 4.78 is 29.2. The van der Waals surface area contributed by atoms with Gasteiger partial charge in [-0.25, -0.2) is 14.2 Å². The van der Waals surface area contributed by atoms with Crippen LogP contribution >= 0.6 is 24.0 Å². The smallest absolute Gasteiger partial charge is 0.341 e. The number of guanidine groups is 1. The standard InChI is InChI=1S/C20H26FN3O4.HI/c1-5-22-20(23-11-13(2)27-16-8-6-7-15(21)9-16)24-12-17-10-18(14(3)28-17)19(25)26-4;/h6-10,13H,5,11-12H2,1-4H3,(H2,22,23,24);1H. The molecular weight excluding hydrogens is 492 g/mol. The lowest BCUT2D eigenvalue weighted by Crippen LogP contribution is -2.41. The Hall–Kier alpha value is -2.30. The molecule has 1 unspecified atom stereocenters. The second kappa shape index (κ2) is 12.3. The number of aliphatic imine (C=N–C) groups is 1. The molecule has 2 N–H and O–H groups in total. The summed E-state index contributed by atoms with van der Waals surface area (Å²) in [5.41, 5.74) is 0.391. The van der Waals surface area contributed by atoms with Crippen molar-refractivity contribution in [2.24, 2.45) is 4.99 Å². The first-order chi connectivity index (χ1) is 13.4. The molecule has 0 fully saturated rings. The highest BCUT2D eigenvalue weighted by atomic mass is 127. The summed E-state index contributed by atoms with van der Waals surface area (Å²) in [5.74, 6) is 1.31. The Morgan fingerprint density at radius 1 is 1.31 bits per heavy atom. The molecule has 2 rings (SSSR count). The van der Waals surface area contributed by atoms with E-state index in [0.717, 1.165) is 0 Å². The fourth-order valence-electron chi connectivity index (χ4n) is 2.49. The molecule has 7 nitrogen and oxygen atoms in total. The minimum absolute atomic E-state index is 0. The molecule has 2 aromatic rings. The fourth-order valence-corrected chi connectivity index (χ4v) is 2.49. The van der Waals surface area contributed by atoms with Gasteiger partial charge < -0.3 is 24.5 Å². The summed E-state index contributed by atoms with van der Waals surface area (Å²) in [4.78, 5) is 16.1. The van der Waals surface area contributed by atoms with Crippen molar-refractivity contribution in [1.29, 1.82) is 0 Å². The highest BCUT2D eigenvalue weighted by Gasteiger charge is 2.15. The molecular formula is C20H27FIN3O4. The molecule has 0 spiro atoms. The van der Waals surface area contributed by atoms with Crippen LogP contribution in [0.1, 0.15) is 35.7 Å². The zero-order valence-electron chi connectivity index (χ0n) is 17.0. The van der Waals surface area contributed by atoms with Crippen LogP contribution in [0.15, 0.2) is 39.7 Å². The molecule has 0 aliphatic rings. The monoisotopic (exact) mass is 519 g/mol. The Bertz CT molecular complexity index is 826. The lowest BCUT2D eigenvalue weighted by molar-refractivity contribution is 0.0599. The molecule has 9 heteroatoms. The summed E-state index contributed by atoms with van der Waals surface area (Å²) in [5, 5.41) is 6.29. The van der Waals surface area contributed by atoms with Crippen molar-refractivity contribution >= 4 is 35.9 Å². The molecule has 1 aromatic carbocycles. The molecule has 0 aliphatic carbocycles. The Morgan fingerprint density at radius 3 is 2.72 bits per heavy atom. The number of aryl methyl sites for hydroxylation is 1. The number of rotatable bonds is 8. The average Bonchev–Trinajstić information content (AvgIpc) is 3.04. The van der Waals surface area contributed by atoms with E-state index in [1.165, 1.54) is 19.2 Å². The van der Waals surface area contributed by atoms with Crippen molar-refractivity contribution in [3.8, 4) is 5.75 Å². The van der Waals surface area contributed by atoms with Crippen LogP contribution in [0.5, 0.6) is 5.75 Å². The van der Waals surface area contributed by atoms with E-state index in [1.807, 2.05) is 13.8 Å². The van der Waals surface area contributed by atoms with E-state index >= 15 is 0 Å². The van der Waals surface area contributed by atoms with E-state index in [-0.39, 0.29) is 42.4 Å². The zero-order valence-corrected chi connectivity index (χ0v) is 19.3. The minimum Gasteiger partial charge on any atom is -0.489 e. The number of hydrogen-bond acceptors (Lipinski definition) is 5. The normalized spacial score (nSPS) is 12.0. The summed E-state index contributed by atoms with van der Waals surface area (Å²) in [6, 6.07) is 7.65. The van der Waals surface area contributed by atoms with Crippen molar-refractivity contribution in [2.75, 3.05) is 20.2 Å². The third-order valence-electron chi connectivity index (χ3n) is 3.80. The first-order valence-electron chi connectivity index (χ1n) is 9.05. The van der Waals surface area contributed by atoms with Crippen LogP contribution in [0.3, 0.4) is 0 Å². The molecule has 1 aromatic heterocycles. The van der Waals surface area contributed by atoms with Gasteiger partial charge in [0.1, 0.15) is 41.3 Å². The number of nitrogens with one attached hydrogen (secondary N) is 2. The topological polar surface area (TPSA) is 85.1 Å². The molecule has 0 saturated carbocycles. The molecule has 0 amide bonds. The van der Waals surface area contributed by atoms with Crippen LogP contribution in [0.25, 0.3) is 0 Å². The SMILES string of the molecule is CCNC(=NCc1cc(C(=O)OC)c(C)o1)NCC(C)Oc1cccc(F)c1.I. The molecule has 0 aliphatic heterocycles. The number of methoxy groups -OCH3 is 1. The summed E-state index contributed by atoms with van der Waals surface area (Å²) >= 11 is 0. The zero-order chi connectivity index (χ0) is 20.5. The molecule has 1 atom stereocenters. The van der Waals surface area contributed by atoms with E-state index in [2.05, 4.69) is 15.6 Å². The van der Waals surface area contributed by atoms with Crippen molar-refractivity contribution < 1.29 is 23.1 Å². The fraction of sp³-hybridized carbons (Fsp3) is 0.400.